The normalized spacial score (nSPS) is 13.7. The van der Waals surface area contributed by atoms with Gasteiger partial charge in [-0.3, -0.25) is 19.8 Å². The Bertz CT molecular complexity index is 1320. The van der Waals surface area contributed by atoms with Gasteiger partial charge in [-0.1, -0.05) is 68.2 Å². The largest absolute Gasteiger partial charge is 0.507 e. The lowest BCUT2D eigenvalue weighted by Crippen LogP contribution is -2.27. The molecule has 2 N–H and O–H groups in total. The number of benzene rings is 3. The van der Waals surface area contributed by atoms with Gasteiger partial charge < -0.3 is 9.84 Å². The van der Waals surface area contributed by atoms with Gasteiger partial charge in [0.15, 0.2) is 11.5 Å². The van der Waals surface area contributed by atoms with Gasteiger partial charge in [0.25, 0.3) is 0 Å². The minimum Gasteiger partial charge on any atom is -0.507 e. The second kappa shape index (κ2) is 9.24. The molecule has 0 bridgehead atoms. The van der Waals surface area contributed by atoms with E-state index < -0.39 is 11.9 Å². The van der Waals surface area contributed by atoms with Gasteiger partial charge in [0.1, 0.15) is 18.0 Å². The van der Waals surface area contributed by atoms with Crippen LogP contribution in [0.15, 0.2) is 54.6 Å². The summed E-state index contributed by atoms with van der Waals surface area (Å²) in [6, 6.07) is 13.8. The molecule has 0 unspecified atom stereocenters. The average Bonchev–Trinajstić information content (AvgIpc) is 3.14. The summed E-state index contributed by atoms with van der Waals surface area (Å²) in [6.45, 7) is 6.10. The summed E-state index contributed by atoms with van der Waals surface area (Å²) in [5, 5.41) is 12.7. The molecule has 0 aliphatic carbocycles. The molecule has 0 atom stereocenters. The quantitative estimate of drug-likeness (QED) is 0.319. The molecule has 9 heteroatoms. The number of phenols is 1. The van der Waals surface area contributed by atoms with Crippen molar-refractivity contribution < 1.29 is 24.2 Å². The predicted molar refractivity (Wildman–Crippen MR) is 134 cm³/mol. The van der Waals surface area contributed by atoms with Gasteiger partial charge in [0.2, 0.25) is 5.91 Å². The Morgan fingerprint density at radius 1 is 1.00 bits per heavy atom. The second-order valence-corrected chi connectivity index (χ2v) is 9.93. The smallest absolute Gasteiger partial charge is 0.329 e. The van der Waals surface area contributed by atoms with Crippen molar-refractivity contribution in [1.82, 2.24) is 5.32 Å². The van der Waals surface area contributed by atoms with Crippen LogP contribution in [0.25, 0.3) is 0 Å². The average molecular weight is 513 g/mol. The molecular formula is C26H22Cl2N2O5. The number of urea groups is 1. The molecule has 0 spiro atoms. The third kappa shape index (κ3) is 5.11. The van der Waals surface area contributed by atoms with E-state index in [0.717, 1.165) is 5.56 Å². The molecule has 4 rings (SSSR count). The van der Waals surface area contributed by atoms with Crippen molar-refractivity contribution >= 4 is 46.6 Å². The van der Waals surface area contributed by atoms with E-state index in [1.807, 2.05) is 12.1 Å². The monoisotopic (exact) mass is 512 g/mol. The van der Waals surface area contributed by atoms with Gasteiger partial charge in [0, 0.05) is 11.3 Å². The van der Waals surface area contributed by atoms with Crippen LogP contribution in [0.3, 0.4) is 0 Å². The van der Waals surface area contributed by atoms with Crippen LogP contribution >= 0.6 is 23.2 Å². The Balaban J connectivity index is 1.60. The number of ketones is 1. The molecule has 180 valence electrons. The van der Waals surface area contributed by atoms with Crippen molar-refractivity contribution in [2.24, 2.45) is 0 Å². The van der Waals surface area contributed by atoms with Crippen molar-refractivity contribution in [2.75, 3.05) is 11.4 Å². The molecule has 1 heterocycles. The number of aromatic hydroxyl groups is 1. The lowest BCUT2D eigenvalue weighted by molar-refractivity contribution is -0.117. The number of imide groups is 1. The summed E-state index contributed by atoms with van der Waals surface area (Å²) < 4.78 is 5.84. The van der Waals surface area contributed by atoms with Gasteiger partial charge >= 0.3 is 6.03 Å². The molecule has 35 heavy (non-hydrogen) atoms. The van der Waals surface area contributed by atoms with E-state index in [4.69, 9.17) is 27.9 Å². The van der Waals surface area contributed by atoms with Crippen LogP contribution in [0.4, 0.5) is 10.5 Å². The lowest BCUT2D eigenvalue weighted by Gasteiger charge is -2.19. The molecule has 1 aliphatic rings. The van der Waals surface area contributed by atoms with E-state index in [2.05, 4.69) is 26.1 Å². The van der Waals surface area contributed by atoms with Gasteiger partial charge in [-0.25, -0.2) is 4.79 Å². The van der Waals surface area contributed by atoms with E-state index >= 15 is 0 Å². The van der Waals surface area contributed by atoms with Crippen molar-refractivity contribution in [3.63, 3.8) is 0 Å². The molecule has 3 amide bonds. The van der Waals surface area contributed by atoms with E-state index in [1.54, 1.807) is 12.1 Å². The fourth-order valence-corrected chi connectivity index (χ4v) is 4.16. The molecule has 1 fully saturated rings. The first-order valence-electron chi connectivity index (χ1n) is 10.7. The van der Waals surface area contributed by atoms with Crippen molar-refractivity contribution in [3.8, 4) is 17.2 Å². The highest BCUT2D eigenvalue weighted by Crippen LogP contribution is 2.41. The first-order valence-corrected chi connectivity index (χ1v) is 11.5. The van der Waals surface area contributed by atoms with E-state index in [0.29, 0.717) is 11.3 Å². The molecule has 0 aromatic heterocycles. The van der Waals surface area contributed by atoms with Crippen molar-refractivity contribution in [3.05, 3.63) is 81.3 Å². The minimum atomic E-state index is -0.576. The zero-order valence-corrected chi connectivity index (χ0v) is 20.7. The number of halogens is 2. The lowest BCUT2D eigenvalue weighted by atomic mass is 9.86. The fourth-order valence-electron chi connectivity index (χ4n) is 3.61. The number of hydrogen-bond acceptors (Lipinski definition) is 5. The van der Waals surface area contributed by atoms with E-state index in [-0.39, 0.29) is 50.6 Å². The minimum absolute atomic E-state index is 0.0559. The highest BCUT2D eigenvalue weighted by atomic mass is 35.5. The van der Waals surface area contributed by atoms with Gasteiger partial charge in [0.05, 0.1) is 15.6 Å². The van der Waals surface area contributed by atoms with Crippen molar-refractivity contribution in [2.45, 2.75) is 26.2 Å². The molecule has 1 saturated heterocycles. The number of anilines is 1. The Labute approximate surface area is 212 Å². The standard InChI is InChI=1S/C26H22Cl2N2O5/c1-26(2,3)15-6-4-14(5-7-15)23(33)18-12-17(8-9-21(18)31)35-24-19(27)10-16(11-20(24)28)30-13-22(32)29-25(30)34/h4-12,31H,13H2,1-3H3,(H,29,32,34). The number of nitrogens with one attached hydrogen (secondary N) is 1. The number of rotatable bonds is 5. The summed E-state index contributed by atoms with van der Waals surface area (Å²) in [6.07, 6.45) is 0. The maximum atomic E-state index is 13.1. The van der Waals surface area contributed by atoms with Crippen LogP contribution in [-0.4, -0.2) is 29.4 Å². The zero-order chi connectivity index (χ0) is 25.5. The summed E-state index contributed by atoms with van der Waals surface area (Å²) in [4.78, 5) is 37.7. The Kier molecular flexibility index (Phi) is 6.49. The number of carbonyl (C=O) groups is 3. The summed E-state index contributed by atoms with van der Waals surface area (Å²) in [7, 11) is 0. The Hall–Kier alpha value is -3.55. The number of phenolic OH excluding ortho intramolecular Hbond substituents is 1. The first kappa shape index (κ1) is 24.6. The van der Waals surface area contributed by atoms with Crippen LogP contribution in [0.5, 0.6) is 17.2 Å². The van der Waals surface area contributed by atoms with Crippen LogP contribution < -0.4 is 15.0 Å². The summed E-state index contributed by atoms with van der Waals surface area (Å²) in [5.74, 6) is -0.674. The van der Waals surface area contributed by atoms with Crippen LogP contribution in [0.1, 0.15) is 42.3 Å². The summed E-state index contributed by atoms with van der Waals surface area (Å²) >= 11 is 12.7. The third-order valence-electron chi connectivity index (χ3n) is 5.53. The second-order valence-electron chi connectivity index (χ2n) is 9.12. The maximum absolute atomic E-state index is 13.1. The number of hydrogen-bond donors (Lipinski definition) is 2. The zero-order valence-electron chi connectivity index (χ0n) is 19.2. The van der Waals surface area contributed by atoms with E-state index in [1.165, 1.54) is 35.2 Å². The molecule has 0 saturated carbocycles. The third-order valence-corrected chi connectivity index (χ3v) is 6.10. The summed E-state index contributed by atoms with van der Waals surface area (Å²) in [5.41, 5.74) is 1.83. The first-order chi connectivity index (χ1) is 16.4. The number of nitrogens with zero attached hydrogens (tertiary/aromatic N) is 1. The van der Waals surface area contributed by atoms with Gasteiger partial charge in [-0.05, 0) is 41.3 Å². The maximum Gasteiger partial charge on any atom is 0.329 e. The number of amides is 3. The Morgan fingerprint density at radius 3 is 2.17 bits per heavy atom. The topological polar surface area (TPSA) is 95.9 Å². The van der Waals surface area contributed by atoms with Crippen LogP contribution in [-0.2, 0) is 10.2 Å². The fraction of sp³-hybridized carbons (Fsp3) is 0.192. The van der Waals surface area contributed by atoms with Gasteiger partial charge in [-0.15, -0.1) is 0 Å². The molecule has 7 nitrogen and oxygen atoms in total. The van der Waals surface area contributed by atoms with E-state index in [9.17, 15) is 19.5 Å². The van der Waals surface area contributed by atoms with Crippen LogP contribution in [0, 0.1) is 0 Å². The number of ether oxygens (including phenoxy) is 1. The Morgan fingerprint density at radius 2 is 1.63 bits per heavy atom. The predicted octanol–water partition coefficient (Wildman–Crippen LogP) is 6.08. The highest BCUT2D eigenvalue weighted by Gasteiger charge is 2.29. The molecule has 0 radical (unpaired) electrons. The molecular weight excluding hydrogens is 491 g/mol. The highest BCUT2D eigenvalue weighted by molar-refractivity contribution is 6.38. The SMILES string of the molecule is CC(C)(C)c1ccc(C(=O)c2cc(Oc3c(Cl)cc(N4CC(=O)NC4=O)cc3Cl)ccc2O)cc1. The molecule has 1 aliphatic heterocycles. The van der Waals surface area contributed by atoms with Crippen molar-refractivity contribution in [1.29, 1.82) is 0 Å². The van der Waals surface area contributed by atoms with Crippen LogP contribution in [0.2, 0.25) is 10.0 Å². The molecule has 3 aromatic carbocycles. The number of carbonyl (C=O) groups excluding carboxylic acids is 3. The molecule has 3 aromatic rings. The van der Waals surface area contributed by atoms with Gasteiger partial charge in [-0.2, -0.15) is 0 Å².